The first kappa shape index (κ1) is 15.3. The molecule has 18 heavy (non-hydrogen) atoms. The zero-order valence-corrected chi connectivity index (χ0v) is 13.0. The minimum atomic E-state index is 0. The molecule has 1 aromatic rings. The highest BCUT2D eigenvalue weighted by Gasteiger charge is 2.11. The Hall–Kier alpha value is -0.780. The van der Waals surface area contributed by atoms with Crippen LogP contribution < -0.4 is 5.73 Å². The van der Waals surface area contributed by atoms with Crippen molar-refractivity contribution in [1.29, 1.82) is 0 Å². The van der Waals surface area contributed by atoms with Gasteiger partial charge in [0.15, 0.2) is 5.96 Å². The molecular weight excluding hydrogens is 337 g/mol. The molecule has 0 saturated carbocycles. The van der Waals surface area contributed by atoms with Gasteiger partial charge in [-0.15, -0.1) is 24.0 Å². The fraction of sp³-hybridized carbons (Fsp3) is 0.500. The fourth-order valence-corrected chi connectivity index (χ4v) is 2.17. The van der Waals surface area contributed by atoms with Crippen molar-refractivity contribution in [2.45, 2.75) is 25.7 Å². The molecule has 2 rings (SSSR count). The van der Waals surface area contributed by atoms with Crippen LogP contribution in [0.15, 0.2) is 35.3 Å². The molecular formula is C14H22IN3. The monoisotopic (exact) mass is 359 g/mol. The smallest absolute Gasteiger partial charge is 0.191 e. The Balaban J connectivity index is 0.00000162. The molecule has 1 aliphatic heterocycles. The number of rotatable bonds is 3. The number of benzene rings is 1. The van der Waals surface area contributed by atoms with Crippen molar-refractivity contribution < 1.29 is 0 Å². The molecule has 0 radical (unpaired) electrons. The van der Waals surface area contributed by atoms with Crippen LogP contribution in [-0.4, -0.2) is 30.5 Å². The maximum absolute atomic E-state index is 5.99. The summed E-state index contributed by atoms with van der Waals surface area (Å²) in [4.78, 5) is 6.67. The van der Waals surface area contributed by atoms with Crippen LogP contribution in [0.5, 0.6) is 0 Å². The van der Waals surface area contributed by atoms with Gasteiger partial charge in [0.25, 0.3) is 0 Å². The van der Waals surface area contributed by atoms with Gasteiger partial charge in [-0.25, -0.2) is 0 Å². The highest BCUT2D eigenvalue weighted by atomic mass is 127. The van der Waals surface area contributed by atoms with Crippen LogP contribution in [0.1, 0.15) is 24.8 Å². The third kappa shape index (κ3) is 4.84. The fourth-order valence-electron chi connectivity index (χ4n) is 2.17. The third-order valence-corrected chi connectivity index (χ3v) is 3.20. The molecule has 4 heteroatoms. The number of hydrogen-bond donors (Lipinski definition) is 1. The van der Waals surface area contributed by atoms with Gasteiger partial charge in [-0.1, -0.05) is 30.3 Å². The predicted octanol–water partition coefficient (Wildman–Crippen LogP) is 2.65. The summed E-state index contributed by atoms with van der Waals surface area (Å²) < 4.78 is 0. The van der Waals surface area contributed by atoms with E-state index in [-0.39, 0.29) is 24.0 Å². The molecule has 0 unspecified atom stereocenters. The Morgan fingerprint density at radius 1 is 1.11 bits per heavy atom. The lowest BCUT2D eigenvalue weighted by Gasteiger charge is -2.27. The molecule has 1 aliphatic rings. The van der Waals surface area contributed by atoms with Crippen molar-refractivity contribution in [3.8, 4) is 0 Å². The van der Waals surface area contributed by atoms with Crippen LogP contribution >= 0.6 is 24.0 Å². The van der Waals surface area contributed by atoms with Crippen LogP contribution in [0.3, 0.4) is 0 Å². The Kier molecular flexibility index (Phi) is 7.08. The number of halogens is 1. The van der Waals surface area contributed by atoms with E-state index in [2.05, 4.69) is 34.2 Å². The van der Waals surface area contributed by atoms with E-state index < -0.39 is 0 Å². The standard InChI is InChI=1S/C14H21N3.HI/c15-14(17-11-5-2-6-12-17)16-10-9-13-7-3-1-4-8-13;/h1,3-4,7-8H,2,5-6,9-12H2,(H2,15,16);1H. The van der Waals surface area contributed by atoms with Crippen molar-refractivity contribution in [1.82, 2.24) is 4.90 Å². The van der Waals surface area contributed by atoms with Gasteiger partial charge in [0.05, 0.1) is 0 Å². The second-order valence-corrected chi connectivity index (χ2v) is 4.52. The Labute approximate surface area is 126 Å². The minimum Gasteiger partial charge on any atom is -0.370 e. The number of hydrogen-bond acceptors (Lipinski definition) is 1. The summed E-state index contributed by atoms with van der Waals surface area (Å²) in [5, 5.41) is 0. The summed E-state index contributed by atoms with van der Waals surface area (Å²) in [5.74, 6) is 0.723. The SMILES string of the molecule is I.NC(=NCCc1ccccc1)N1CCCCC1. The maximum Gasteiger partial charge on any atom is 0.191 e. The van der Waals surface area contributed by atoms with Gasteiger partial charge in [-0.3, -0.25) is 4.99 Å². The lowest BCUT2D eigenvalue weighted by atomic mass is 10.1. The molecule has 0 aromatic heterocycles. The number of piperidine rings is 1. The molecule has 1 heterocycles. The van der Waals surface area contributed by atoms with Crippen molar-refractivity contribution in [3.63, 3.8) is 0 Å². The zero-order chi connectivity index (χ0) is 11.9. The van der Waals surface area contributed by atoms with E-state index in [1.807, 2.05) is 6.07 Å². The lowest BCUT2D eigenvalue weighted by molar-refractivity contribution is 0.338. The average molecular weight is 359 g/mol. The van der Waals surface area contributed by atoms with E-state index in [4.69, 9.17) is 5.73 Å². The summed E-state index contributed by atoms with van der Waals surface area (Å²) in [7, 11) is 0. The Morgan fingerprint density at radius 2 is 1.78 bits per heavy atom. The van der Waals surface area contributed by atoms with Gasteiger partial charge in [0.2, 0.25) is 0 Å². The molecule has 0 spiro atoms. The van der Waals surface area contributed by atoms with Gasteiger partial charge in [-0.05, 0) is 31.2 Å². The highest BCUT2D eigenvalue weighted by Crippen LogP contribution is 2.08. The molecule has 0 aliphatic carbocycles. The normalized spacial score (nSPS) is 16.2. The van der Waals surface area contributed by atoms with Crippen molar-refractivity contribution in [2.24, 2.45) is 10.7 Å². The molecule has 0 atom stereocenters. The topological polar surface area (TPSA) is 41.6 Å². The number of aliphatic imine (C=N–C) groups is 1. The molecule has 2 N–H and O–H groups in total. The van der Waals surface area contributed by atoms with E-state index in [1.165, 1.54) is 24.8 Å². The van der Waals surface area contributed by atoms with Crippen molar-refractivity contribution in [3.05, 3.63) is 35.9 Å². The first-order chi connectivity index (χ1) is 8.36. The van der Waals surface area contributed by atoms with Gasteiger partial charge in [0.1, 0.15) is 0 Å². The second kappa shape index (κ2) is 8.34. The van der Waals surface area contributed by atoms with Gasteiger partial charge >= 0.3 is 0 Å². The molecule has 0 bridgehead atoms. The minimum absolute atomic E-state index is 0. The summed E-state index contributed by atoms with van der Waals surface area (Å²) in [6.07, 6.45) is 4.78. The van der Waals surface area contributed by atoms with Crippen LogP contribution in [0.2, 0.25) is 0 Å². The zero-order valence-electron chi connectivity index (χ0n) is 10.7. The van der Waals surface area contributed by atoms with Crippen LogP contribution in [0.25, 0.3) is 0 Å². The molecule has 1 saturated heterocycles. The van der Waals surface area contributed by atoms with E-state index in [1.54, 1.807) is 0 Å². The van der Waals surface area contributed by atoms with Crippen LogP contribution in [-0.2, 0) is 6.42 Å². The summed E-state index contributed by atoms with van der Waals surface area (Å²) in [6, 6.07) is 10.4. The summed E-state index contributed by atoms with van der Waals surface area (Å²) in [5.41, 5.74) is 7.31. The van der Waals surface area contributed by atoms with Crippen molar-refractivity contribution >= 4 is 29.9 Å². The molecule has 3 nitrogen and oxygen atoms in total. The average Bonchev–Trinajstić information content (AvgIpc) is 2.41. The molecule has 1 fully saturated rings. The molecule has 100 valence electrons. The first-order valence-corrected chi connectivity index (χ1v) is 6.45. The van der Waals surface area contributed by atoms with E-state index in [9.17, 15) is 0 Å². The number of nitrogens with two attached hydrogens (primary N) is 1. The second-order valence-electron chi connectivity index (χ2n) is 4.52. The molecule has 1 aromatic carbocycles. The first-order valence-electron chi connectivity index (χ1n) is 6.45. The summed E-state index contributed by atoms with van der Waals surface area (Å²) in [6.45, 7) is 2.92. The number of likely N-dealkylation sites (tertiary alicyclic amines) is 1. The van der Waals surface area contributed by atoms with Gasteiger partial charge < -0.3 is 10.6 Å². The van der Waals surface area contributed by atoms with Crippen molar-refractivity contribution in [2.75, 3.05) is 19.6 Å². The largest absolute Gasteiger partial charge is 0.370 e. The van der Waals surface area contributed by atoms with Crippen LogP contribution in [0.4, 0.5) is 0 Å². The Bertz CT molecular complexity index is 359. The Morgan fingerprint density at radius 3 is 2.44 bits per heavy atom. The van der Waals surface area contributed by atoms with E-state index in [0.29, 0.717) is 0 Å². The predicted molar refractivity (Wildman–Crippen MR) is 87.5 cm³/mol. The van der Waals surface area contributed by atoms with E-state index >= 15 is 0 Å². The highest BCUT2D eigenvalue weighted by molar-refractivity contribution is 14.0. The number of guanidine groups is 1. The third-order valence-electron chi connectivity index (χ3n) is 3.20. The van der Waals surface area contributed by atoms with Gasteiger partial charge in [-0.2, -0.15) is 0 Å². The van der Waals surface area contributed by atoms with E-state index in [0.717, 1.165) is 32.0 Å². The quantitative estimate of drug-likeness (QED) is 0.512. The summed E-state index contributed by atoms with van der Waals surface area (Å²) >= 11 is 0. The van der Waals surface area contributed by atoms with Gasteiger partial charge in [0, 0.05) is 19.6 Å². The van der Waals surface area contributed by atoms with Crippen LogP contribution in [0, 0.1) is 0 Å². The lowest BCUT2D eigenvalue weighted by Crippen LogP contribution is -2.41. The maximum atomic E-state index is 5.99. The molecule has 0 amide bonds. The number of nitrogens with zero attached hydrogens (tertiary/aromatic N) is 2.